The molecule has 1 aliphatic heterocycles. The van der Waals surface area contributed by atoms with Crippen LogP contribution in [0.5, 0.6) is 5.75 Å². The lowest BCUT2D eigenvalue weighted by atomic mass is 10.0. The van der Waals surface area contributed by atoms with Gasteiger partial charge in [-0.25, -0.2) is 19.3 Å². The third-order valence-corrected chi connectivity index (χ3v) is 7.10. The zero-order valence-electron chi connectivity index (χ0n) is 21.0. The van der Waals surface area contributed by atoms with Crippen LogP contribution in [-0.2, 0) is 21.2 Å². The van der Waals surface area contributed by atoms with Crippen molar-refractivity contribution < 1.29 is 27.1 Å². The summed E-state index contributed by atoms with van der Waals surface area (Å²) in [5.41, 5.74) is 2.48. The molecule has 1 fully saturated rings. The van der Waals surface area contributed by atoms with E-state index in [0.717, 1.165) is 5.69 Å². The Hall–Kier alpha value is -3.28. The van der Waals surface area contributed by atoms with Crippen molar-refractivity contribution in [3.05, 3.63) is 77.5 Å². The molecule has 4 aromatic rings. The Morgan fingerprint density at radius 3 is 2.46 bits per heavy atom. The number of nitrogens with zero attached hydrogens (tertiary/aromatic N) is 4. The smallest absolute Gasteiger partial charge is 0.387 e. The molecule has 0 radical (unpaired) electrons. The number of pyridine rings is 1. The number of imidazole rings is 1. The van der Waals surface area contributed by atoms with Gasteiger partial charge >= 0.3 is 6.61 Å². The Morgan fingerprint density at radius 1 is 1.14 bits per heavy atom. The summed E-state index contributed by atoms with van der Waals surface area (Å²) in [5.74, 6) is 0.135. The molecule has 0 bridgehead atoms. The third kappa shape index (κ3) is 5.11. The number of ether oxygens (including phenoxy) is 2. The molecular weight excluding hydrogens is 501 g/mol. The van der Waals surface area contributed by atoms with Crippen LogP contribution in [0.25, 0.3) is 16.8 Å². The van der Waals surface area contributed by atoms with Gasteiger partial charge in [0.25, 0.3) is 0 Å². The van der Waals surface area contributed by atoms with Crippen LogP contribution in [-0.4, -0.2) is 47.5 Å². The molecule has 1 saturated heterocycles. The molecule has 0 unspecified atom stereocenters. The molecule has 3 aromatic heterocycles. The molecule has 0 N–H and O–H groups in total. The molecule has 0 spiro atoms. The first kappa shape index (κ1) is 25.4. The van der Waals surface area contributed by atoms with E-state index in [1.807, 2.05) is 0 Å². The van der Waals surface area contributed by atoms with E-state index in [-0.39, 0.29) is 12.2 Å². The highest BCUT2D eigenvalue weighted by molar-refractivity contribution is 6.69. The summed E-state index contributed by atoms with van der Waals surface area (Å²) in [4.78, 5) is 13.5. The van der Waals surface area contributed by atoms with Crippen molar-refractivity contribution in [1.82, 2.24) is 19.4 Å². The molecule has 0 saturated carbocycles. The molecule has 11 heteroatoms. The normalized spacial score (nSPS) is 15.2. The molecule has 7 nitrogen and oxygen atoms in total. The summed E-state index contributed by atoms with van der Waals surface area (Å²) >= 11 is 0. The zero-order valence-corrected chi connectivity index (χ0v) is 22.0. The van der Waals surface area contributed by atoms with Gasteiger partial charge in [0.15, 0.2) is 19.7 Å². The minimum Gasteiger partial charge on any atom is -0.435 e. The highest BCUT2D eigenvalue weighted by Gasteiger charge is 2.47. The summed E-state index contributed by atoms with van der Waals surface area (Å²) in [6, 6.07) is 7.94. The fourth-order valence-electron chi connectivity index (χ4n) is 4.51. The number of para-hydroxylation sites is 1. The summed E-state index contributed by atoms with van der Waals surface area (Å²) in [7, 11) is -1.89. The molecule has 194 valence electrons. The summed E-state index contributed by atoms with van der Waals surface area (Å²) in [5, 5.41) is 0. The first-order valence-electron chi connectivity index (χ1n) is 11.9. The second-order valence-corrected chi connectivity index (χ2v) is 14.5. The maximum Gasteiger partial charge on any atom is 0.387 e. The number of alkyl halides is 2. The van der Waals surface area contributed by atoms with Crippen LogP contribution in [0, 0.1) is 12.7 Å². The Balaban J connectivity index is 1.50. The van der Waals surface area contributed by atoms with Crippen LogP contribution >= 0.6 is 0 Å². The van der Waals surface area contributed by atoms with Crippen LogP contribution in [0.2, 0.25) is 19.6 Å². The van der Waals surface area contributed by atoms with Gasteiger partial charge in [-0.05, 0) is 32.6 Å². The van der Waals surface area contributed by atoms with Gasteiger partial charge in [0.2, 0.25) is 0 Å². The molecule has 1 aliphatic rings. The van der Waals surface area contributed by atoms with Crippen molar-refractivity contribution >= 4 is 14.0 Å². The maximum absolute atomic E-state index is 15.2. The second-order valence-electron chi connectivity index (χ2n) is 10.1. The van der Waals surface area contributed by atoms with Crippen molar-refractivity contribution in [2.45, 2.75) is 45.2 Å². The van der Waals surface area contributed by atoms with Crippen molar-refractivity contribution in [1.29, 1.82) is 0 Å². The van der Waals surface area contributed by atoms with Crippen LogP contribution in [0.3, 0.4) is 0 Å². The number of rotatable bonds is 8. The maximum atomic E-state index is 15.2. The van der Waals surface area contributed by atoms with Crippen LogP contribution < -0.4 is 4.74 Å². The van der Waals surface area contributed by atoms with E-state index in [4.69, 9.17) is 9.16 Å². The largest absolute Gasteiger partial charge is 0.435 e. The quantitative estimate of drug-likeness (QED) is 0.281. The highest BCUT2D eigenvalue weighted by Crippen LogP contribution is 2.35. The third-order valence-electron chi connectivity index (χ3n) is 6.10. The molecule has 37 heavy (non-hydrogen) atoms. The minimum absolute atomic E-state index is 0.0904. The summed E-state index contributed by atoms with van der Waals surface area (Å²) in [6.45, 7) is 5.90. The van der Waals surface area contributed by atoms with E-state index in [0.29, 0.717) is 47.1 Å². The summed E-state index contributed by atoms with van der Waals surface area (Å²) < 4.78 is 59.1. The summed E-state index contributed by atoms with van der Waals surface area (Å²) in [6.07, 6.45) is 5.06. The lowest BCUT2D eigenvalue weighted by Crippen LogP contribution is -2.55. The number of benzene rings is 1. The number of halogens is 3. The first-order valence-corrected chi connectivity index (χ1v) is 15.3. The van der Waals surface area contributed by atoms with Gasteiger partial charge < -0.3 is 18.3 Å². The predicted molar refractivity (Wildman–Crippen MR) is 134 cm³/mol. The molecule has 5 rings (SSSR count). The SMILES string of the molecule is Cc1nc2cc(F)c(-c3cnc(C4(O[Si](C)(C)C)COC4)nc3)cn2c1Cc1ccccc1OC(F)F. The average molecular weight is 529 g/mol. The van der Waals surface area contributed by atoms with Crippen molar-refractivity contribution in [2.75, 3.05) is 13.2 Å². The van der Waals surface area contributed by atoms with Gasteiger partial charge in [-0.15, -0.1) is 0 Å². The highest BCUT2D eigenvalue weighted by atomic mass is 28.4. The van der Waals surface area contributed by atoms with Crippen molar-refractivity contribution in [3.63, 3.8) is 0 Å². The lowest BCUT2D eigenvalue weighted by Gasteiger charge is -2.43. The molecule has 0 amide bonds. The number of hydrogen-bond acceptors (Lipinski definition) is 6. The molecule has 0 aliphatic carbocycles. The van der Waals surface area contributed by atoms with E-state index in [1.54, 1.807) is 48.1 Å². The van der Waals surface area contributed by atoms with Crippen LogP contribution in [0.15, 0.2) is 48.9 Å². The molecule has 1 aromatic carbocycles. The van der Waals surface area contributed by atoms with E-state index in [1.165, 1.54) is 12.1 Å². The Labute approximate surface area is 213 Å². The topological polar surface area (TPSA) is 70.8 Å². The van der Waals surface area contributed by atoms with Crippen molar-refractivity contribution in [2.24, 2.45) is 0 Å². The fourth-order valence-corrected chi connectivity index (χ4v) is 5.89. The van der Waals surface area contributed by atoms with E-state index >= 15 is 4.39 Å². The lowest BCUT2D eigenvalue weighted by molar-refractivity contribution is -0.177. The van der Waals surface area contributed by atoms with Gasteiger partial charge in [-0.1, -0.05) is 18.2 Å². The predicted octanol–water partition coefficient (Wildman–Crippen LogP) is 5.51. The number of fused-ring (bicyclic) bond motifs is 1. The monoisotopic (exact) mass is 528 g/mol. The standard InChI is InChI=1S/C26H27F3N4O3Si/c1-16-21(9-17-7-5-6-8-22(17)35-25(28)29)33-13-19(20(27)10-23(33)32-16)18-11-30-24(31-12-18)26(14-34-15-26)36-37(2,3)4/h5-8,10-13,25H,9,14-15H2,1-4H3. The number of aromatic nitrogens is 4. The van der Waals surface area contributed by atoms with E-state index in [2.05, 4.69) is 39.3 Å². The number of hydrogen-bond donors (Lipinski definition) is 0. The Morgan fingerprint density at radius 2 is 1.84 bits per heavy atom. The fraction of sp³-hybridized carbons (Fsp3) is 0.346. The minimum atomic E-state index is -2.94. The molecule has 0 atom stereocenters. The Bertz CT molecular complexity index is 1430. The second kappa shape index (κ2) is 9.55. The Kier molecular flexibility index (Phi) is 6.55. The molecular formula is C26H27F3N4O3Si. The zero-order chi connectivity index (χ0) is 26.4. The van der Waals surface area contributed by atoms with E-state index < -0.39 is 26.3 Å². The van der Waals surface area contributed by atoms with Gasteiger partial charge in [-0.3, -0.25) is 0 Å². The number of aryl methyl sites for hydroxylation is 1. The average Bonchev–Trinajstić information content (AvgIpc) is 3.10. The van der Waals surface area contributed by atoms with Crippen LogP contribution in [0.1, 0.15) is 22.8 Å². The van der Waals surface area contributed by atoms with Crippen molar-refractivity contribution in [3.8, 4) is 16.9 Å². The molecule has 4 heterocycles. The van der Waals surface area contributed by atoms with Gasteiger partial charge in [0.05, 0.1) is 18.9 Å². The first-order chi connectivity index (χ1) is 17.5. The van der Waals surface area contributed by atoms with Gasteiger partial charge in [0, 0.05) is 53.5 Å². The van der Waals surface area contributed by atoms with Gasteiger partial charge in [-0.2, -0.15) is 8.78 Å². The van der Waals surface area contributed by atoms with E-state index in [9.17, 15) is 8.78 Å². The van der Waals surface area contributed by atoms with Gasteiger partial charge in [0.1, 0.15) is 17.2 Å². The van der Waals surface area contributed by atoms with Crippen LogP contribution in [0.4, 0.5) is 13.2 Å².